The van der Waals surface area contributed by atoms with Crippen molar-refractivity contribution in [3.63, 3.8) is 0 Å². The van der Waals surface area contributed by atoms with Crippen LogP contribution in [0.15, 0.2) is 24.3 Å². The summed E-state index contributed by atoms with van der Waals surface area (Å²) in [4.78, 5) is 11.2. The fourth-order valence-electron chi connectivity index (χ4n) is 1.45. The summed E-state index contributed by atoms with van der Waals surface area (Å²) in [6, 6.07) is 7.03. The molecule has 0 fully saturated rings. The van der Waals surface area contributed by atoms with E-state index in [9.17, 15) is 15.0 Å². The summed E-state index contributed by atoms with van der Waals surface area (Å²) < 4.78 is 4.64. The lowest BCUT2D eigenvalue weighted by atomic mass is 10.00. The summed E-state index contributed by atoms with van der Waals surface area (Å²) in [6.07, 6.45) is -2.79. The van der Waals surface area contributed by atoms with Gasteiger partial charge in [0.15, 0.2) is 6.10 Å². The van der Waals surface area contributed by atoms with Crippen LogP contribution in [0.3, 0.4) is 0 Å². The highest BCUT2D eigenvalue weighted by molar-refractivity contribution is 5.75. The van der Waals surface area contributed by atoms with Gasteiger partial charge in [-0.05, 0) is 25.0 Å². The van der Waals surface area contributed by atoms with E-state index in [0.717, 1.165) is 5.56 Å². The number of aliphatic hydroxyl groups is 2. The normalized spacial score (nSPS) is 14.2. The Bertz CT molecular complexity index is 362. The summed E-state index contributed by atoms with van der Waals surface area (Å²) in [5.74, 6) is -0.807. The third kappa shape index (κ3) is 2.81. The number of aryl methyl sites for hydroxylation is 1. The molecule has 0 heterocycles. The number of ether oxygens (including phenoxy) is 1. The van der Waals surface area contributed by atoms with Gasteiger partial charge in [-0.1, -0.05) is 24.3 Å². The SMILES string of the molecule is CCOC(=O)[C@H](O)[C@H](O)c1ccccc1C. The smallest absolute Gasteiger partial charge is 0.338 e. The molecule has 2 N–H and O–H groups in total. The topological polar surface area (TPSA) is 66.8 Å². The van der Waals surface area contributed by atoms with Gasteiger partial charge in [-0.25, -0.2) is 4.79 Å². The number of carbonyl (C=O) groups is 1. The molecule has 88 valence electrons. The highest BCUT2D eigenvalue weighted by atomic mass is 16.5. The van der Waals surface area contributed by atoms with Gasteiger partial charge in [0.25, 0.3) is 0 Å². The molecular formula is C12H16O4. The first kappa shape index (κ1) is 12.7. The molecule has 2 atom stereocenters. The van der Waals surface area contributed by atoms with Crippen LogP contribution in [-0.4, -0.2) is 28.9 Å². The third-order valence-corrected chi connectivity index (χ3v) is 2.33. The maximum atomic E-state index is 11.2. The Morgan fingerprint density at radius 3 is 2.56 bits per heavy atom. The van der Waals surface area contributed by atoms with Gasteiger partial charge >= 0.3 is 5.97 Å². The average Bonchev–Trinajstić information content (AvgIpc) is 2.28. The molecule has 0 aliphatic rings. The van der Waals surface area contributed by atoms with Crippen molar-refractivity contribution >= 4 is 5.97 Å². The standard InChI is InChI=1S/C12H16O4/c1-3-16-12(15)11(14)10(13)9-7-5-4-6-8(9)2/h4-7,10-11,13-14H,3H2,1-2H3/t10-,11-/m1/s1. The summed E-state index contributed by atoms with van der Waals surface area (Å²) in [5.41, 5.74) is 1.35. The Morgan fingerprint density at radius 2 is 2.00 bits per heavy atom. The molecule has 0 spiro atoms. The van der Waals surface area contributed by atoms with E-state index < -0.39 is 18.2 Å². The van der Waals surface area contributed by atoms with Gasteiger partial charge in [0.2, 0.25) is 0 Å². The lowest BCUT2D eigenvalue weighted by molar-refractivity contribution is -0.159. The van der Waals surface area contributed by atoms with Crippen molar-refractivity contribution in [3.05, 3.63) is 35.4 Å². The fraction of sp³-hybridized carbons (Fsp3) is 0.417. The van der Waals surface area contributed by atoms with E-state index >= 15 is 0 Å². The van der Waals surface area contributed by atoms with Crippen LogP contribution in [0.2, 0.25) is 0 Å². The van der Waals surface area contributed by atoms with Crippen LogP contribution >= 0.6 is 0 Å². The highest BCUT2D eigenvalue weighted by Crippen LogP contribution is 2.21. The van der Waals surface area contributed by atoms with Gasteiger partial charge in [0, 0.05) is 0 Å². The summed E-state index contributed by atoms with van der Waals surface area (Å²) in [5, 5.41) is 19.4. The number of hydrogen-bond acceptors (Lipinski definition) is 4. The number of aliphatic hydroxyl groups excluding tert-OH is 2. The number of rotatable bonds is 4. The minimum atomic E-state index is -1.54. The molecule has 1 aromatic carbocycles. The Labute approximate surface area is 94.5 Å². The van der Waals surface area contributed by atoms with Gasteiger partial charge < -0.3 is 14.9 Å². The summed E-state index contributed by atoms with van der Waals surface area (Å²) >= 11 is 0. The van der Waals surface area contributed by atoms with Crippen LogP contribution in [0, 0.1) is 6.92 Å². The molecule has 0 saturated heterocycles. The monoisotopic (exact) mass is 224 g/mol. The third-order valence-electron chi connectivity index (χ3n) is 2.33. The number of carbonyl (C=O) groups excluding carboxylic acids is 1. The molecule has 0 amide bonds. The Kier molecular flexibility index (Phi) is 4.46. The van der Waals surface area contributed by atoms with Crippen molar-refractivity contribution in [2.24, 2.45) is 0 Å². The van der Waals surface area contributed by atoms with E-state index in [1.807, 2.05) is 6.07 Å². The van der Waals surface area contributed by atoms with Crippen LogP contribution in [-0.2, 0) is 9.53 Å². The Hall–Kier alpha value is -1.39. The molecule has 4 nitrogen and oxygen atoms in total. The molecule has 0 aliphatic carbocycles. The quantitative estimate of drug-likeness (QED) is 0.747. The lowest BCUT2D eigenvalue weighted by Crippen LogP contribution is -2.30. The second-order valence-electron chi connectivity index (χ2n) is 3.50. The van der Waals surface area contributed by atoms with Gasteiger partial charge in [-0.15, -0.1) is 0 Å². The number of hydrogen-bond donors (Lipinski definition) is 2. The zero-order chi connectivity index (χ0) is 12.1. The minimum absolute atomic E-state index is 0.177. The molecule has 16 heavy (non-hydrogen) atoms. The molecular weight excluding hydrogens is 208 g/mol. The van der Waals surface area contributed by atoms with Crippen LogP contribution in [0.1, 0.15) is 24.2 Å². The molecule has 1 aromatic rings. The van der Waals surface area contributed by atoms with Crippen LogP contribution in [0.5, 0.6) is 0 Å². The van der Waals surface area contributed by atoms with Crippen molar-refractivity contribution in [3.8, 4) is 0 Å². The second kappa shape index (κ2) is 5.63. The predicted octanol–water partition coefficient (Wildman–Crippen LogP) is 0.952. The van der Waals surface area contributed by atoms with Crippen molar-refractivity contribution in [1.29, 1.82) is 0 Å². The molecule has 0 bridgehead atoms. The highest BCUT2D eigenvalue weighted by Gasteiger charge is 2.27. The van der Waals surface area contributed by atoms with Gasteiger partial charge in [0.1, 0.15) is 6.10 Å². The average molecular weight is 224 g/mol. The zero-order valence-electron chi connectivity index (χ0n) is 9.38. The molecule has 0 aliphatic heterocycles. The number of benzene rings is 1. The zero-order valence-corrected chi connectivity index (χ0v) is 9.38. The van der Waals surface area contributed by atoms with Crippen molar-refractivity contribution < 1.29 is 19.7 Å². The maximum Gasteiger partial charge on any atom is 0.338 e. The van der Waals surface area contributed by atoms with E-state index in [-0.39, 0.29) is 6.61 Å². The molecule has 1 rings (SSSR count). The minimum Gasteiger partial charge on any atom is -0.464 e. The Morgan fingerprint density at radius 1 is 1.38 bits per heavy atom. The summed E-state index contributed by atoms with van der Waals surface area (Å²) in [7, 11) is 0. The molecule has 0 radical (unpaired) electrons. The van der Waals surface area contributed by atoms with E-state index in [4.69, 9.17) is 0 Å². The maximum absolute atomic E-state index is 11.2. The van der Waals surface area contributed by atoms with Crippen molar-refractivity contribution in [1.82, 2.24) is 0 Å². The van der Waals surface area contributed by atoms with Crippen molar-refractivity contribution in [2.45, 2.75) is 26.1 Å². The van der Waals surface area contributed by atoms with E-state index in [0.29, 0.717) is 5.56 Å². The molecule has 0 saturated carbocycles. The Balaban J connectivity index is 2.82. The molecule has 4 heteroatoms. The van der Waals surface area contributed by atoms with Crippen LogP contribution in [0.25, 0.3) is 0 Å². The number of esters is 1. The van der Waals surface area contributed by atoms with Crippen molar-refractivity contribution in [2.75, 3.05) is 6.61 Å². The van der Waals surface area contributed by atoms with Crippen LogP contribution < -0.4 is 0 Å². The predicted molar refractivity (Wildman–Crippen MR) is 58.8 cm³/mol. The molecule has 0 unspecified atom stereocenters. The first-order valence-electron chi connectivity index (χ1n) is 5.16. The molecule has 0 aromatic heterocycles. The van der Waals surface area contributed by atoms with E-state index in [1.165, 1.54) is 0 Å². The van der Waals surface area contributed by atoms with E-state index in [2.05, 4.69) is 4.74 Å². The lowest BCUT2D eigenvalue weighted by Gasteiger charge is -2.18. The van der Waals surface area contributed by atoms with Gasteiger partial charge in [-0.3, -0.25) is 0 Å². The first-order chi connectivity index (χ1) is 7.57. The largest absolute Gasteiger partial charge is 0.464 e. The van der Waals surface area contributed by atoms with E-state index in [1.54, 1.807) is 32.0 Å². The second-order valence-corrected chi connectivity index (χ2v) is 3.50. The van der Waals surface area contributed by atoms with Crippen LogP contribution in [0.4, 0.5) is 0 Å². The van der Waals surface area contributed by atoms with Gasteiger partial charge in [0.05, 0.1) is 6.61 Å². The van der Waals surface area contributed by atoms with Gasteiger partial charge in [-0.2, -0.15) is 0 Å². The fourth-order valence-corrected chi connectivity index (χ4v) is 1.45. The summed E-state index contributed by atoms with van der Waals surface area (Å²) in [6.45, 7) is 3.62. The first-order valence-corrected chi connectivity index (χ1v) is 5.16.